The Balaban J connectivity index is 0.000000421. The van der Waals surface area contributed by atoms with E-state index < -0.39 is 0 Å². The number of H-pyrrole nitrogens is 1. The largest absolute Gasteiger partial charge is 0.492 e. The van der Waals surface area contributed by atoms with Crippen molar-refractivity contribution in [1.82, 2.24) is 19.9 Å². The quantitative estimate of drug-likeness (QED) is 0.162. The molecule has 1 aliphatic rings. The van der Waals surface area contributed by atoms with E-state index in [-0.39, 0.29) is 0 Å². The number of aliphatic imine (C=N–C) groups is 1. The summed E-state index contributed by atoms with van der Waals surface area (Å²) in [6, 6.07) is 7.72. The molecule has 0 atom stereocenters. The number of pyridine rings is 2. The van der Waals surface area contributed by atoms with E-state index in [2.05, 4.69) is 64.8 Å². The van der Waals surface area contributed by atoms with Gasteiger partial charge >= 0.3 is 0 Å². The lowest BCUT2D eigenvalue weighted by molar-refractivity contribution is 0.292. The Hall–Kier alpha value is -4.57. The molecule has 0 amide bonds. The average molecular weight is 558 g/mol. The van der Waals surface area contributed by atoms with E-state index >= 15 is 0 Å². The molecule has 1 aliphatic heterocycles. The van der Waals surface area contributed by atoms with Gasteiger partial charge < -0.3 is 32.3 Å². The predicted molar refractivity (Wildman–Crippen MR) is 171 cm³/mol. The van der Waals surface area contributed by atoms with Crippen molar-refractivity contribution in [3.05, 3.63) is 78.1 Å². The fourth-order valence-corrected chi connectivity index (χ4v) is 4.22. The van der Waals surface area contributed by atoms with Crippen LogP contribution < -0.4 is 21.9 Å². The molecule has 3 aromatic heterocycles. The molecular formula is C31H43N9O. The summed E-state index contributed by atoms with van der Waals surface area (Å²) in [6.45, 7) is 10.9. The first-order valence-corrected chi connectivity index (χ1v) is 13.7. The Kier molecular flexibility index (Phi) is 13.7. The van der Waals surface area contributed by atoms with Crippen LogP contribution in [0.4, 0.5) is 5.69 Å². The van der Waals surface area contributed by atoms with E-state index in [1.807, 2.05) is 24.5 Å². The summed E-state index contributed by atoms with van der Waals surface area (Å²) in [4.78, 5) is 21.1. The summed E-state index contributed by atoms with van der Waals surface area (Å²) >= 11 is 0. The molecule has 10 heteroatoms. The second-order valence-electron chi connectivity index (χ2n) is 8.89. The molecule has 10 nitrogen and oxygen atoms in total. The highest BCUT2D eigenvalue weighted by atomic mass is 16.5. The number of imidazole rings is 1. The van der Waals surface area contributed by atoms with Crippen LogP contribution in [0.1, 0.15) is 56.1 Å². The molecule has 0 saturated carbocycles. The molecule has 8 N–H and O–H groups in total. The summed E-state index contributed by atoms with van der Waals surface area (Å²) in [7, 11) is 1.50. The van der Waals surface area contributed by atoms with Crippen LogP contribution in [0.25, 0.3) is 22.3 Å². The lowest BCUT2D eigenvalue weighted by Crippen LogP contribution is -2.12. The minimum Gasteiger partial charge on any atom is -0.492 e. The minimum atomic E-state index is 0.554. The molecule has 0 fully saturated rings. The molecule has 0 unspecified atom stereocenters. The molecule has 0 saturated heterocycles. The minimum absolute atomic E-state index is 0.554. The molecule has 4 heterocycles. The molecule has 0 bridgehead atoms. The molecule has 41 heavy (non-hydrogen) atoms. The van der Waals surface area contributed by atoms with Crippen LogP contribution in [0, 0.1) is 5.41 Å². The fourth-order valence-electron chi connectivity index (χ4n) is 4.22. The van der Waals surface area contributed by atoms with E-state index in [4.69, 9.17) is 20.9 Å². The smallest absolute Gasteiger partial charge is 0.134 e. The van der Waals surface area contributed by atoms with Gasteiger partial charge in [0.2, 0.25) is 0 Å². The van der Waals surface area contributed by atoms with E-state index in [1.165, 1.54) is 25.2 Å². The van der Waals surface area contributed by atoms with E-state index in [0.29, 0.717) is 24.3 Å². The molecular weight excluding hydrogens is 514 g/mol. The van der Waals surface area contributed by atoms with Crippen molar-refractivity contribution in [2.75, 3.05) is 25.9 Å². The van der Waals surface area contributed by atoms with Gasteiger partial charge in [0.1, 0.15) is 11.6 Å². The van der Waals surface area contributed by atoms with Crippen molar-refractivity contribution >= 4 is 28.5 Å². The first kappa shape index (κ1) is 32.6. The fraction of sp³-hybridized carbons (Fsp3) is 0.323. The van der Waals surface area contributed by atoms with Crippen molar-refractivity contribution in [3.63, 3.8) is 0 Å². The van der Waals surface area contributed by atoms with Gasteiger partial charge in [0, 0.05) is 60.3 Å². The van der Waals surface area contributed by atoms with Gasteiger partial charge in [0.05, 0.1) is 28.9 Å². The number of benzene rings is 1. The Labute approximate surface area is 242 Å². The monoisotopic (exact) mass is 557 g/mol. The SMILES string of the molecule is C=CN.CCN=C(C)CC.CN.N=Cc1c(N)ccc2nc(-c3ccc(Cc4ncc[nH]4)cn3)c3c(c12)OCCC3. The predicted octanol–water partition coefficient (Wildman–Crippen LogP) is 5.06. The van der Waals surface area contributed by atoms with Crippen molar-refractivity contribution in [1.29, 1.82) is 5.41 Å². The molecule has 1 aromatic carbocycles. The van der Waals surface area contributed by atoms with E-state index in [9.17, 15) is 0 Å². The van der Waals surface area contributed by atoms with Crippen molar-refractivity contribution in [2.24, 2.45) is 16.5 Å². The number of hydrogen-bond acceptors (Lipinski definition) is 9. The maximum Gasteiger partial charge on any atom is 0.134 e. The van der Waals surface area contributed by atoms with Gasteiger partial charge in [-0.05, 0) is 70.1 Å². The van der Waals surface area contributed by atoms with Crippen molar-refractivity contribution in [3.8, 4) is 17.1 Å². The second kappa shape index (κ2) is 17.2. The number of aromatic nitrogens is 4. The van der Waals surface area contributed by atoms with Gasteiger partial charge in [-0.15, -0.1) is 0 Å². The first-order valence-electron chi connectivity index (χ1n) is 13.7. The Morgan fingerprint density at radius 2 is 1.95 bits per heavy atom. The van der Waals surface area contributed by atoms with Crippen LogP contribution in [-0.2, 0) is 12.8 Å². The van der Waals surface area contributed by atoms with Crippen molar-refractivity contribution < 1.29 is 4.74 Å². The van der Waals surface area contributed by atoms with Crippen LogP contribution in [0.2, 0.25) is 0 Å². The molecule has 5 rings (SSSR count). The number of ether oxygens (including phenoxy) is 1. The Bertz CT molecular complexity index is 1410. The number of fused-ring (bicyclic) bond motifs is 3. The van der Waals surface area contributed by atoms with Crippen molar-refractivity contribution in [2.45, 2.75) is 46.5 Å². The topological polar surface area (TPSA) is 178 Å². The highest BCUT2D eigenvalue weighted by Crippen LogP contribution is 2.40. The summed E-state index contributed by atoms with van der Waals surface area (Å²) < 4.78 is 6.05. The van der Waals surface area contributed by atoms with E-state index in [0.717, 1.165) is 70.8 Å². The molecule has 0 radical (unpaired) electrons. The number of nitrogens with one attached hydrogen (secondary N) is 2. The zero-order valence-electron chi connectivity index (χ0n) is 24.6. The molecule has 218 valence electrons. The van der Waals surface area contributed by atoms with Gasteiger partial charge in [-0.3, -0.25) is 9.98 Å². The van der Waals surface area contributed by atoms with Crippen LogP contribution in [0.5, 0.6) is 5.75 Å². The normalized spacial score (nSPS) is 11.8. The average Bonchev–Trinajstić information content (AvgIpc) is 3.52. The van der Waals surface area contributed by atoms with Gasteiger partial charge in [0.25, 0.3) is 0 Å². The van der Waals surface area contributed by atoms with Gasteiger partial charge in [-0.2, -0.15) is 0 Å². The second-order valence-corrected chi connectivity index (χ2v) is 8.89. The molecule has 0 aliphatic carbocycles. The Morgan fingerprint density at radius 1 is 1.20 bits per heavy atom. The van der Waals surface area contributed by atoms with Gasteiger partial charge in [0.15, 0.2) is 0 Å². The Morgan fingerprint density at radius 3 is 2.51 bits per heavy atom. The highest BCUT2D eigenvalue weighted by molar-refractivity contribution is 6.06. The van der Waals surface area contributed by atoms with E-state index in [1.54, 1.807) is 12.3 Å². The van der Waals surface area contributed by atoms with Crippen LogP contribution >= 0.6 is 0 Å². The summed E-state index contributed by atoms with van der Waals surface area (Å²) in [5, 5.41) is 8.61. The number of anilines is 1. The van der Waals surface area contributed by atoms with Crippen LogP contribution in [-0.4, -0.2) is 52.1 Å². The molecule has 0 spiro atoms. The maximum atomic E-state index is 7.80. The van der Waals surface area contributed by atoms with Crippen LogP contribution in [0.3, 0.4) is 0 Å². The standard InChI is InChI=1S/C22H20N6O.C6H13N.C2H5N.CH5N/c23-11-15-16(24)4-6-17-20(15)22-14(2-1-9-29-22)21(28-17)18-5-3-13(12-27-18)10-19-25-7-8-26-19;1-4-6(3)7-5-2;1-2-3;1-2/h3-8,11-12,23H,1-2,9-10,24H2,(H,25,26);4-5H2,1-3H3;2H,1,3H2;2H2,1H3. The lowest BCUT2D eigenvalue weighted by atomic mass is 9.96. The first-order chi connectivity index (χ1) is 20.0. The number of nitrogen functional groups attached to an aromatic ring is 1. The third kappa shape index (κ3) is 8.71. The van der Waals surface area contributed by atoms with Gasteiger partial charge in [-0.25, -0.2) is 9.97 Å². The number of aromatic amines is 1. The van der Waals surface area contributed by atoms with Crippen LogP contribution in [0.15, 0.2) is 60.6 Å². The highest BCUT2D eigenvalue weighted by Gasteiger charge is 2.23. The maximum absolute atomic E-state index is 7.80. The number of rotatable bonds is 6. The third-order valence-corrected chi connectivity index (χ3v) is 6.17. The van der Waals surface area contributed by atoms with Gasteiger partial charge in [-0.1, -0.05) is 19.6 Å². The number of nitrogens with zero attached hydrogens (tertiary/aromatic N) is 4. The zero-order chi connectivity index (χ0) is 30.2. The number of nitrogens with two attached hydrogens (primary N) is 3. The zero-order valence-corrected chi connectivity index (χ0v) is 24.6. The molecule has 4 aromatic rings. The number of hydrogen-bond donors (Lipinski definition) is 5. The third-order valence-electron chi connectivity index (χ3n) is 6.17. The summed E-state index contributed by atoms with van der Waals surface area (Å²) in [6.07, 6.45) is 11.5. The lowest BCUT2D eigenvalue weighted by Gasteiger charge is -2.23. The summed E-state index contributed by atoms with van der Waals surface area (Å²) in [5.41, 5.74) is 22.2. The summed E-state index contributed by atoms with van der Waals surface area (Å²) in [5.74, 6) is 1.69.